The molecule has 2 aromatic carbocycles. The Morgan fingerprint density at radius 1 is 1.00 bits per heavy atom. The number of rotatable bonds is 9. The van der Waals surface area contributed by atoms with Gasteiger partial charge in [0.15, 0.2) is 0 Å². The van der Waals surface area contributed by atoms with Crippen molar-refractivity contribution >= 4 is 27.3 Å². The number of sulfonamides is 1. The Balaban J connectivity index is 1.66. The van der Waals surface area contributed by atoms with Crippen molar-refractivity contribution in [2.45, 2.75) is 16.7 Å². The number of nitrogens with one attached hydrogen (secondary N) is 2. The van der Waals surface area contributed by atoms with Gasteiger partial charge in [-0.3, -0.25) is 4.79 Å². The van der Waals surface area contributed by atoms with E-state index in [2.05, 4.69) is 10.0 Å². The molecule has 0 spiro atoms. The first-order chi connectivity index (χ1) is 14.0. The Morgan fingerprint density at radius 3 is 2.31 bits per heavy atom. The van der Waals surface area contributed by atoms with Crippen molar-refractivity contribution < 1.29 is 17.9 Å². The fraction of sp³-hybridized carbons (Fsp3) is 0.190. The molecule has 6 nitrogen and oxygen atoms in total. The number of benzene rings is 2. The molecule has 2 N–H and O–H groups in total. The minimum absolute atomic E-state index is 0.0240. The number of carbonyl (C=O) groups excluding carboxylic acids is 1. The van der Waals surface area contributed by atoms with Crippen molar-refractivity contribution in [2.24, 2.45) is 0 Å². The molecule has 0 saturated heterocycles. The van der Waals surface area contributed by atoms with Gasteiger partial charge in [-0.15, -0.1) is 11.3 Å². The van der Waals surface area contributed by atoms with E-state index in [0.717, 1.165) is 28.2 Å². The van der Waals surface area contributed by atoms with Gasteiger partial charge < -0.3 is 10.1 Å². The van der Waals surface area contributed by atoms with Crippen LogP contribution < -0.4 is 14.8 Å². The molecule has 8 heteroatoms. The summed E-state index contributed by atoms with van der Waals surface area (Å²) < 4.78 is 32.2. The molecular weight excluding hydrogens is 408 g/mol. The average Bonchev–Trinajstić information content (AvgIpc) is 3.29. The van der Waals surface area contributed by atoms with E-state index < -0.39 is 10.0 Å². The zero-order valence-electron chi connectivity index (χ0n) is 15.9. The molecule has 0 aliphatic rings. The summed E-state index contributed by atoms with van der Waals surface area (Å²) in [5.41, 5.74) is 1.84. The maximum Gasteiger partial charge on any atom is 0.250 e. The quantitative estimate of drug-likeness (QED) is 0.545. The van der Waals surface area contributed by atoms with E-state index in [1.165, 1.54) is 6.07 Å². The fourth-order valence-electron chi connectivity index (χ4n) is 2.82. The van der Waals surface area contributed by atoms with Gasteiger partial charge in [0, 0.05) is 13.0 Å². The molecule has 0 unspecified atom stereocenters. The van der Waals surface area contributed by atoms with Crippen molar-refractivity contribution in [3.05, 3.63) is 83.2 Å². The van der Waals surface area contributed by atoms with E-state index in [1.54, 1.807) is 18.6 Å². The molecule has 0 fully saturated rings. The molecule has 1 atom stereocenters. The Hall–Kier alpha value is -2.68. The van der Waals surface area contributed by atoms with Crippen LogP contribution in [-0.2, 0) is 14.8 Å². The van der Waals surface area contributed by atoms with Crippen LogP contribution in [0.1, 0.15) is 23.6 Å². The van der Waals surface area contributed by atoms with Crippen molar-refractivity contribution in [3.63, 3.8) is 0 Å². The lowest BCUT2D eigenvalue weighted by molar-refractivity contribution is -0.121. The summed E-state index contributed by atoms with van der Waals surface area (Å²) >= 11 is 1.14. The molecule has 0 saturated carbocycles. The first-order valence-electron chi connectivity index (χ1n) is 9.01. The zero-order valence-corrected chi connectivity index (χ0v) is 17.5. The van der Waals surface area contributed by atoms with Gasteiger partial charge in [-0.05, 0) is 34.7 Å². The molecular formula is C21H22N2O4S2. The molecule has 1 aromatic heterocycles. The highest BCUT2D eigenvalue weighted by molar-refractivity contribution is 7.91. The van der Waals surface area contributed by atoms with Gasteiger partial charge >= 0.3 is 0 Å². The third-order valence-electron chi connectivity index (χ3n) is 4.29. The molecule has 1 amide bonds. The third kappa shape index (κ3) is 5.66. The molecule has 0 radical (unpaired) electrons. The smallest absolute Gasteiger partial charge is 0.250 e. The van der Waals surface area contributed by atoms with E-state index in [9.17, 15) is 13.2 Å². The number of hydrogen-bond donors (Lipinski definition) is 2. The van der Waals surface area contributed by atoms with Gasteiger partial charge in [0.05, 0.1) is 13.2 Å². The van der Waals surface area contributed by atoms with Crippen LogP contribution in [-0.4, -0.2) is 28.0 Å². The maximum atomic E-state index is 12.5. The van der Waals surface area contributed by atoms with Crippen LogP contribution in [0.15, 0.2) is 76.3 Å². The third-order valence-corrected chi connectivity index (χ3v) is 7.15. The monoisotopic (exact) mass is 430 g/mol. The molecule has 0 aliphatic heterocycles. The summed E-state index contributed by atoms with van der Waals surface area (Å²) in [7, 11) is -1.98. The predicted octanol–water partition coefficient (Wildman–Crippen LogP) is 3.33. The minimum Gasteiger partial charge on any atom is -0.497 e. The van der Waals surface area contributed by atoms with Gasteiger partial charge in [0.25, 0.3) is 0 Å². The second-order valence-corrected chi connectivity index (χ2v) is 9.21. The number of ether oxygens (including phenoxy) is 1. The maximum absolute atomic E-state index is 12.5. The number of carbonyl (C=O) groups is 1. The summed E-state index contributed by atoms with van der Waals surface area (Å²) in [6.07, 6.45) is 0.0318. The summed E-state index contributed by atoms with van der Waals surface area (Å²) in [5, 5.41) is 4.69. The largest absolute Gasteiger partial charge is 0.497 e. The van der Waals surface area contributed by atoms with E-state index in [0.29, 0.717) is 0 Å². The number of methoxy groups -OCH3 is 1. The first kappa shape index (κ1) is 21.0. The van der Waals surface area contributed by atoms with E-state index in [4.69, 9.17) is 4.74 Å². The normalized spacial score (nSPS) is 12.3. The number of hydrogen-bond acceptors (Lipinski definition) is 5. The van der Waals surface area contributed by atoms with E-state index in [1.807, 2.05) is 54.6 Å². The summed E-state index contributed by atoms with van der Waals surface area (Å²) in [4.78, 5) is 12.5. The standard InChI is InChI=1S/C21H22N2O4S2/c1-27-18-11-9-17(10-12-18)21(16-6-3-2-4-7-16)23-19(24)13-14-22-29(25,26)20-8-5-15-28-20/h2-12,15,21-22H,13-14H2,1H3,(H,23,24)/t21-/m1/s1. The highest BCUT2D eigenvalue weighted by atomic mass is 32.2. The van der Waals surface area contributed by atoms with Crippen LogP contribution in [0.4, 0.5) is 0 Å². The highest BCUT2D eigenvalue weighted by Gasteiger charge is 2.18. The summed E-state index contributed by atoms with van der Waals surface area (Å²) in [6.45, 7) is 0.0240. The lowest BCUT2D eigenvalue weighted by atomic mass is 9.98. The van der Waals surface area contributed by atoms with Gasteiger partial charge in [0.2, 0.25) is 15.9 Å². The SMILES string of the molecule is COc1ccc([C@H](NC(=O)CCNS(=O)(=O)c2cccs2)c2ccccc2)cc1. The fourth-order valence-corrected chi connectivity index (χ4v) is 4.89. The van der Waals surface area contributed by atoms with Crippen LogP contribution in [0.2, 0.25) is 0 Å². The van der Waals surface area contributed by atoms with Crippen LogP contribution in [0.5, 0.6) is 5.75 Å². The minimum atomic E-state index is -3.58. The molecule has 29 heavy (non-hydrogen) atoms. The van der Waals surface area contributed by atoms with Gasteiger partial charge in [-0.1, -0.05) is 48.5 Å². The lowest BCUT2D eigenvalue weighted by Crippen LogP contribution is -2.33. The van der Waals surface area contributed by atoms with Gasteiger partial charge in [-0.25, -0.2) is 13.1 Å². The van der Waals surface area contributed by atoms with Crippen LogP contribution >= 0.6 is 11.3 Å². The van der Waals surface area contributed by atoms with Crippen molar-refractivity contribution in [1.29, 1.82) is 0 Å². The Labute approximate surface area is 174 Å². The van der Waals surface area contributed by atoms with E-state index in [-0.39, 0.29) is 29.1 Å². The topological polar surface area (TPSA) is 84.5 Å². The second kappa shape index (κ2) is 9.69. The molecule has 0 bridgehead atoms. The van der Waals surface area contributed by atoms with Gasteiger partial charge in [0.1, 0.15) is 9.96 Å². The predicted molar refractivity (Wildman–Crippen MR) is 114 cm³/mol. The first-order valence-corrected chi connectivity index (χ1v) is 11.4. The molecule has 3 aromatic rings. The van der Waals surface area contributed by atoms with Crippen LogP contribution in [0, 0.1) is 0 Å². The van der Waals surface area contributed by atoms with Crippen molar-refractivity contribution in [3.8, 4) is 5.75 Å². The average molecular weight is 431 g/mol. The van der Waals surface area contributed by atoms with Crippen LogP contribution in [0.3, 0.4) is 0 Å². The number of amides is 1. The Kier molecular flexibility index (Phi) is 7.03. The molecule has 3 rings (SSSR count). The number of thiophene rings is 1. The Morgan fingerprint density at radius 2 is 1.69 bits per heavy atom. The molecule has 0 aliphatic carbocycles. The molecule has 152 valence electrons. The van der Waals surface area contributed by atoms with Crippen LogP contribution in [0.25, 0.3) is 0 Å². The van der Waals surface area contributed by atoms with Crippen molar-refractivity contribution in [2.75, 3.05) is 13.7 Å². The zero-order chi connectivity index (χ0) is 20.7. The molecule has 1 heterocycles. The highest BCUT2D eigenvalue weighted by Crippen LogP contribution is 2.24. The summed E-state index contributed by atoms with van der Waals surface area (Å²) in [6, 6.07) is 19.9. The Bertz CT molecular complexity index is 1020. The lowest BCUT2D eigenvalue weighted by Gasteiger charge is -2.20. The van der Waals surface area contributed by atoms with Crippen molar-refractivity contribution in [1.82, 2.24) is 10.0 Å². The second-order valence-electron chi connectivity index (χ2n) is 6.26. The van der Waals surface area contributed by atoms with Gasteiger partial charge in [-0.2, -0.15) is 0 Å². The van der Waals surface area contributed by atoms with E-state index >= 15 is 0 Å². The summed E-state index contributed by atoms with van der Waals surface area (Å²) in [5.74, 6) is 0.485.